The second-order valence-corrected chi connectivity index (χ2v) is 9.32. The Labute approximate surface area is 171 Å². The molecule has 1 aromatic heterocycles. The number of benzene rings is 1. The lowest BCUT2D eigenvalue weighted by Crippen LogP contribution is -2.41. The van der Waals surface area contributed by atoms with Gasteiger partial charge in [-0.15, -0.1) is 11.3 Å². The number of ether oxygens (including phenoxy) is 1. The molecule has 4 rings (SSSR count). The second-order valence-electron chi connectivity index (χ2n) is 8.03. The Morgan fingerprint density at radius 3 is 2.89 bits per heavy atom. The molecule has 1 N–H and O–H groups in total. The average Bonchev–Trinajstić information content (AvgIpc) is 3.23. The van der Waals surface area contributed by atoms with Crippen LogP contribution in [0.15, 0.2) is 30.3 Å². The molecule has 0 saturated carbocycles. The highest BCUT2D eigenvalue weighted by atomic mass is 32.1. The van der Waals surface area contributed by atoms with E-state index in [1.165, 1.54) is 10.6 Å². The summed E-state index contributed by atoms with van der Waals surface area (Å²) in [4.78, 5) is 20.8. The molecular weight excluding hydrogens is 370 g/mol. The lowest BCUT2D eigenvalue weighted by atomic mass is 9.83. The van der Waals surface area contributed by atoms with Crippen molar-refractivity contribution in [2.75, 3.05) is 19.7 Å². The summed E-state index contributed by atoms with van der Waals surface area (Å²) in [6, 6.07) is 10.0. The molecule has 2 aliphatic heterocycles. The number of hydrogen-bond acceptors (Lipinski definition) is 5. The highest BCUT2D eigenvalue weighted by Gasteiger charge is 2.41. The third-order valence-corrected chi connectivity index (χ3v) is 7.02. The molecule has 3 heterocycles. The molecule has 28 heavy (non-hydrogen) atoms. The quantitative estimate of drug-likeness (QED) is 0.810. The van der Waals surface area contributed by atoms with Gasteiger partial charge in [0, 0.05) is 30.4 Å². The fourth-order valence-electron chi connectivity index (χ4n) is 4.49. The monoisotopic (exact) mass is 399 g/mol. The largest absolute Gasteiger partial charge is 0.377 e. The normalized spacial score (nSPS) is 24.9. The Kier molecular flexibility index (Phi) is 6.09. The van der Waals surface area contributed by atoms with Gasteiger partial charge in [-0.25, -0.2) is 4.98 Å². The van der Waals surface area contributed by atoms with Crippen LogP contribution in [0.3, 0.4) is 0 Å². The Bertz CT molecular complexity index is 807. The smallest absolute Gasteiger partial charge is 0.222 e. The van der Waals surface area contributed by atoms with Crippen LogP contribution in [0, 0.1) is 25.7 Å². The summed E-state index contributed by atoms with van der Waals surface area (Å²) in [5.74, 6) is 1.13. The number of piperidine rings is 1. The van der Waals surface area contributed by atoms with Crippen molar-refractivity contribution in [1.29, 1.82) is 0 Å². The Morgan fingerprint density at radius 1 is 1.32 bits per heavy atom. The number of thiazole rings is 1. The number of aromatic nitrogens is 1. The first-order chi connectivity index (χ1) is 13.6. The number of fused-ring (bicyclic) bond motifs is 1. The molecule has 0 unspecified atom stereocenters. The van der Waals surface area contributed by atoms with Gasteiger partial charge in [0.15, 0.2) is 0 Å². The van der Waals surface area contributed by atoms with Crippen molar-refractivity contribution >= 4 is 17.2 Å². The summed E-state index contributed by atoms with van der Waals surface area (Å²) < 4.78 is 6.05. The number of nitrogens with one attached hydrogen (secondary N) is 1. The molecule has 0 bridgehead atoms. The standard InChI is InChI=1S/C22H29N3O2S/c1-15-21(28-16(2)24-15)13-25-9-8-19-18(12-25)14-27-20(19)10-22(26)23-11-17-6-4-3-5-7-17/h3-7,18-20H,8-14H2,1-2H3,(H,23,26)/t18-,19-,20+/m1/s1. The first kappa shape index (κ1) is 19.6. The van der Waals surface area contributed by atoms with E-state index in [0.29, 0.717) is 24.8 Å². The van der Waals surface area contributed by atoms with E-state index in [0.717, 1.165) is 43.2 Å². The van der Waals surface area contributed by atoms with Crippen molar-refractivity contribution < 1.29 is 9.53 Å². The minimum atomic E-state index is 0.0651. The van der Waals surface area contributed by atoms with Crippen LogP contribution in [0.4, 0.5) is 0 Å². The number of amides is 1. The third kappa shape index (κ3) is 4.62. The Hall–Kier alpha value is -1.76. The molecule has 3 atom stereocenters. The molecule has 5 nitrogen and oxygen atoms in total. The number of carbonyl (C=O) groups is 1. The lowest BCUT2D eigenvalue weighted by Gasteiger charge is -2.35. The number of carbonyl (C=O) groups excluding carboxylic acids is 1. The van der Waals surface area contributed by atoms with Gasteiger partial charge in [-0.3, -0.25) is 9.69 Å². The molecule has 0 spiro atoms. The fourth-order valence-corrected chi connectivity index (χ4v) is 5.47. The van der Waals surface area contributed by atoms with Crippen LogP contribution in [0.2, 0.25) is 0 Å². The SMILES string of the molecule is Cc1nc(C)c(CN2CC[C@@H]3[C@@H](CO[C@H]3CC(=O)NCc3ccccc3)C2)s1. The van der Waals surface area contributed by atoms with E-state index in [2.05, 4.69) is 29.0 Å². The van der Waals surface area contributed by atoms with Gasteiger partial charge in [0.05, 0.1) is 29.8 Å². The Balaban J connectivity index is 1.26. The minimum absolute atomic E-state index is 0.0651. The zero-order chi connectivity index (χ0) is 19.5. The maximum absolute atomic E-state index is 12.4. The van der Waals surface area contributed by atoms with Crippen LogP contribution < -0.4 is 5.32 Å². The summed E-state index contributed by atoms with van der Waals surface area (Å²) in [5, 5.41) is 4.18. The maximum Gasteiger partial charge on any atom is 0.222 e. The van der Waals surface area contributed by atoms with Gasteiger partial charge in [-0.1, -0.05) is 30.3 Å². The van der Waals surface area contributed by atoms with Gasteiger partial charge >= 0.3 is 0 Å². The number of likely N-dealkylation sites (tertiary alicyclic amines) is 1. The van der Waals surface area contributed by atoms with Crippen LogP contribution in [0.1, 0.15) is 34.0 Å². The van der Waals surface area contributed by atoms with Gasteiger partial charge in [-0.05, 0) is 38.3 Å². The molecule has 2 aliphatic rings. The van der Waals surface area contributed by atoms with Crippen molar-refractivity contribution in [3.05, 3.63) is 51.5 Å². The maximum atomic E-state index is 12.4. The van der Waals surface area contributed by atoms with Gasteiger partial charge in [0.25, 0.3) is 0 Å². The van der Waals surface area contributed by atoms with Crippen molar-refractivity contribution in [3.8, 4) is 0 Å². The van der Waals surface area contributed by atoms with Gasteiger partial charge < -0.3 is 10.1 Å². The predicted octanol–water partition coefficient (Wildman–Crippen LogP) is 3.30. The molecule has 150 valence electrons. The summed E-state index contributed by atoms with van der Waals surface area (Å²) in [6.07, 6.45) is 1.65. The average molecular weight is 400 g/mol. The van der Waals surface area contributed by atoms with E-state index >= 15 is 0 Å². The number of hydrogen-bond donors (Lipinski definition) is 1. The molecular formula is C22H29N3O2S. The van der Waals surface area contributed by atoms with Crippen molar-refractivity contribution in [2.45, 2.75) is 45.9 Å². The fraction of sp³-hybridized carbons (Fsp3) is 0.545. The zero-order valence-corrected chi connectivity index (χ0v) is 17.5. The number of aryl methyl sites for hydroxylation is 2. The number of rotatable bonds is 6. The molecule has 6 heteroatoms. The van der Waals surface area contributed by atoms with Crippen molar-refractivity contribution in [3.63, 3.8) is 0 Å². The Morgan fingerprint density at radius 2 is 2.14 bits per heavy atom. The third-order valence-electron chi connectivity index (χ3n) is 5.96. The topological polar surface area (TPSA) is 54.5 Å². The van der Waals surface area contributed by atoms with Gasteiger partial charge in [0.1, 0.15) is 0 Å². The summed E-state index contributed by atoms with van der Waals surface area (Å²) in [6.45, 7) is 8.66. The van der Waals surface area contributed by atoms with Gasteiger partial charge in [0.2, 0.25) is 5.91 Å². The molecule has 1 amide bonds. The molecule has 0 radical (unpaired) electrons. The first-order valence-corrected chi connectivity index (χ1v) is 11.0. The van der Waals surface area contributed by atoms with Crippen molar-refractivity contribution in [2.24, 2.45) is 11.8 Å². The summed E-state index contributed by atoms with van der Waals surface area (Å²) >= 11 is 1.81. The highest BCUT2D eigenvalue weighted by molar-refractivity contribution is 7.11. The highest BCUT2D eigenvalue weighted by Crippen LogP contribution is 2.36. The molecule has 2 fully saturated rings. The predicted molar refractivity (Wildman–Crippen MR) is 111 cm³/mol. The molecule has 0 aliphatic carbocycles. The van der Waals surface area contributed by atoms with Crippen LogP contribution in [-0.2, 0) is 22.6 Å². The summed E-state index contributed by atoms with van der Waals surface area (Å²) in [7, 11) is 0. The van der Waals surface area contributed by atoms with Crippen LogP contribution in [0.25, 0.3) is 0 Å². The van der Waals surface area contributed by atoms with E-state index in [4.69, 9.17) is 4.74 Å². The zero-order valence-electron chi connectivity index (χ0n) is 16.7. The van der Waals surface area contributed by atoms with E-state index in [1.54, 1.807) is 0 Å². The van der Waals surface area contributed by atoms with Crippen LogP contribution >= 0.6 is 11.3 Å². The van der Waals surface area contributed by atoms with E-state index in [-0.39, 0.29) is 12.0 Å². The van der Waals surface area contributed by atoms with E-state index in [1.807, 2.05) is 41.7 Å². The lowest BCUT2D eigenvalue weighted by molar-refractivity contribution is -0.124. The van der Waals surface area contributed by atoms with Crippen LogP contribution in [-0.4, -0.2) is 41.6 Å². The second kappa shape index (κ2) is 8.72. The first-order valence-electron chi connectivity index (χ1n) is 10.2. The van der Waals surface area contributed by atoms with Crippen LogP contribution in [0.5, 0.6) is 0 Å². The molecule has 2 aromatic rings. The van der Waals surface area contributed by atoms with Crippen molar-refractivity contribution in [1.82, 2.24) is 15.2 Å². The van der Waals surface area contributed by atoms with E-state index < -0.39 is 0 Å². The number of nitrogens with zero attached hydrogens (tertiary/aromatic N) is 2. The minimum Gasteiger partial charge on any atom is -0.377 e. The van der Waals surface area contributed by atoms with Gasteiger partial charge in [-0.2, -0.15) is 0 Å². The molecule has 1 aromatic carbocycles. The molecule has 2 saturated heterocycles. The summed E-state index contributed by atoms with van der Waals surface area (Å²) in [5.41, 5.74) is 2.29. The van der Waals surface area contributed by atoms with E-state index in [9.17, 15) is 4.79 Å².